The largest absolute Gasteiger partial charge is 0.497 e. The summed E-state index contributed by atoms with van der Waals surface area (Å²) in [6.07, 6.45) is 1.68. The van der Waals surface area contributed by atoms with Gasteiger partial charge >= 0.3 is 5.97 Å². The lowest BCUT2D eigenvalue weighted by atomic mass is 9.93. The summed E-state index contributed by atoms with van der Waals surface area (Å²) in [5.41, 5.74) is 2.44. The van der Waals surface area contributed by atoms with Crippen molar-refractivity contribution in [1.29, 1.82) is 0 Å². The molecule has 9 heteroatoms. The van der Waals surface area contributed by atoms with E-state index in [4.69, 9.17) is 14.2 Å². The fourth-order valence-electron chi connectivity index (χ4n) is 3.69. The molecule has 0 aromatic heterocycles. The van der Waals surface area contributed by atoms with Crippen molar-refractivity contribution in [3.05, 3.63) is 58.8 Å². The number of carbonyl (C=O) groups is 2. The van der Waals surface area contributed by atoms with E-state index in [-0.39, 0.29) is 18.9 Å². The molecule has 1 aromatic rings. The van der Waals surface area contributed by atoms with Crippen LogP contribution in [0.5, 0.6) is 11.5 Å². The first-order chi connectivity index (χ1) is 16.3. The van der Waals surface area contributed by atoms with E-state index >= 15 is 0 Å². The fraction of sp³-hybridized carbons (Fsp3) is 0.400. The van der Waals surface area contributed by atoms with Crippen LogP contribution in [0.4, 0.5) is 0 Å². The molecule has 3 rings (SSSR count). The minimum Gasteiger partial charge on any atom is -0.497 e. The number of rotatable bonds is 10. The Hall–Kier alpha value is -3.20. The van der Waals surface area contributed by atoms with Crippen molar-refractivity contribution in [2.45, 2.75) is 33.2 Å². The number of thioether (sulfide) groups is 1. The number of allylic oxidation sites excluding steroid dienone is 1. The number of hydrogen-bond acceptors (Lipinski definition) is 8. The number of esters is 1. The number of nitrogens with zero attached hydrogens (tertiary/aromatic N) is 2. The topological polar surface area (TPSA) is 89.5 Å². The van der Waals surface area contributed by atoms with E-state index in [1.807, 2.05) is 36.3 Å². The second-order valence-corrected chi connectivity index (χ2v) is 9.14. The third kappa shape index (κ3) is 5.64. The van der Waals surface area contributed by atoms with E-state index in [2.05, 4.69) is 16.9 Å². The van der Waals surface area contributed by atoms with Crippen molar-refractivity contribution in [3.8, 4) is 11.5 Å². The molecule has 0 aliphatic carbocycles. The van der Waals surface area contributed by atoms with Gasteiger partial charge in [-0.3, -0.25) is 4.79 Å². The van der Waals surface area contributed by atoms with Gasteiger partial charge in [0.1, 0.15) is 18.1 Å². The van der Waals surface area contributed by atoms with Gasteiger partial charge in [-0.1, -0.05) is 38.3 Å². The van der Waals surface area contributed by atoms with Gasteiger partial charge in [0.25, 0.3) is 0 Å². The molecule has 0 bridgehead atoms. The Morgan fingerprint density at radius 2 is 1.91 bits per heavy atom. The number of amidine groups is 1. The summed E-state index contributed by atoms with van der Waals surface area (Å²) in [5.74, 6) is 0.930. The number of aliphatic imine (C=N–C) groups is 1. The molecule has 2 aliphatic rings. The van der Waals surface area contributed by atoms with Gasteiger partial charge in [0, 0.05) is 18.3 Å². The smallest absolute Gasteiger partial charge is 0.338 e. The molecule has 8 nitrogen and oxygen atoms in total. The van der Waals surface area contributed by atoms with Gasteiger partial charge in [0.15, 0.2) is 5.17 Å². The summed E-state index contributed by atoms with van der Waals surface area (Å²) in [7, 11) is 3.14. The highest BCUT2D eigenvalue weighted by molar-refractivity contribution is 8.16. The van der Waals surface area contributed by atoms with Gasteiger partial charge < -0.3 is 24.4 Å². The minimum absolute atomic E-state index is 0.0788. The highest BCUT2D eigenvalue weighted by atomic mass is 32.2. The molecule has 0 fully saturated rings. The number of ether oxygens (including phenoxy) is 3. The summed E-state index contributed by atoms with van der Waals surface area (Å²) in [5, 5.41) is 5.55. The molecule has 182 valence electrons. The Labute approximate surface area is 204 Å². The predicted octanol–water partition coefficient (Wildman–Crippen LogP) is 4.17. The van der Waals surface area contributed by atoms with Crippen molar-refractivity contribution in [1.82, 2.24) is 10.2 Å². The van der Waals surface area contributed by atoms with Gasteiger partial charge in [0.2, 0.25) is 5.91 Å². The third-order valence-electron chi connectivity index (χ3n) is 5.29. The lowest BCUT2D eigenvalue weighted by Gasteiger charge is -2.36. The number of fused-ring (bicyclic) bond motifs is 1. The van der Waals surface area contributed by atoms with Crippen LogP contribution in [0, 0.1) is 5.92 Å². The Morgan fingerprint density at radius 3 is 2.50 bits per heavy atom. The van der Waals surface area contributed by atoms with Gasteiger partial charge in [-0.25, -0.2) is 9.79 Å². The summed E-state index contributed by atoms with van der Waals surface area (Å²) >= 11 is 1.42. The predicted molar refractivity (Wildman–Crippen MR) is 134 cm³/mol. The van der Waals surface area contributed by atoms with E-state index in [0.717, 1.165) is 11.3 Å². The maximum absolute atomic E-state index is 13.2. The molecule has 2 heterocycles. The molecule has 1 amide bonds. The number of hydrogen-bond donors (Lipinski definition) is 1. The summed E-state index contributed by atoms with van der Waals surface area (Å²) < 4.78 is 16.4. The van der Waals surface area contributed by atoms with Gasteiger partial charge in [0.05, 0.1) is 38.0 Å². The van der Waals surface area contributed by atoms with E-state index < -0.39 is 12.0 Å². The quantitative estimate of drug-likeness (QED) is 0.393. The Balaban J connectivity index is 2.06. The highest BCUT2D eigenvalue weighted by Gasteiger charge is 2.41. The zero-order valence-electron chi connectivity index (χ0n) is 20.2. The van der Waals surface area contributed by atoms with Crippen LogP contribution >= 0.6 is 11.8 Å². The van der Waals surface area contributed by atoms with Crippen LogP contribution in [0.1, 0.15) is 38.8 Å². The first-order valence-electron chi connectivity index (χ1n) is 11.0. The standard InChI is InChI=1S/C25H31N3O5S/c1-7-8-33-24(30)22-16(4)27-25-28(18(14-34-25)11-21(29)26-13-15(2)3)23(22)17-9-19(31-5)12-20(10-17)32-6/h7,9-10,12,14-15,23H,1,8,11,13H2,2-6H3,(H,26,29). The van der Waals surface area contributed by atoms with Gasteiger partial charge in [-0.15, -0.1) is 0 Å². The lowest BCUT2D eigenvalue weighted by molar-refractivity contribution is -0.138. The first-order valence-corrected chi connectivity index (χ1v) is 11.9. The number of benzene rings is 1. The zero-order valence-corrected chi connectivity index (χ0v) is 21.0. The molecule has 1 unspecified atom stereocenters. The monoisotopic (exact) mass is 485 g/mol. The normalized spacial score (nSPS) is 17.1. The molecule has 34 heavy (non-hydrogen) atoms. The van der Waals surface area contributed by atoms with E-state index in [0.29, 0.717) is 40.4 Å². The number of amides is 1. The van der Waals surface area contributed by atoms with Crippen molar-refractivity contribution in [3.63, 3.8) is 0 Å². The van der Waals surface area contributed by atoms with E-state index in [1.165, 1.54) is 17.8 Å². The van der Waals surface area contributed by atoms with Crippen molar-refractivity contribution in [2.24, 2.45) is 10.9 Å². The van der Waals surface area contributed by atoms with Gasteiger partial charge in [-0.2, -0.15) is 0 Å². The van der Waals surface area contributed by atoms with Crippen LogP contribution in [0.2, 0.25) is 0 Å². The molecule has 1 aromatic carbocycles. The second kappa shape index (κ2) is 11.3. The van der Waals surface area contributed by atoms with Crippen molar-refractivity contribution in [2.75, 3.05) is 27.4 Å². The Kier molecular flexibility index (Phi) is 8.44. The molecule has 0 radical (unpaired) electrons. The van der Waals surface area contributed by atoms with Crippen LogP contribution in [-0.4, -0.2) is 49.3 Å². The second-order valence-electron chi connectivity index (χ2n) is 8.30. The fourth-order valence-corrected chi connectivity index (χ4v) is 4.66. The number of carbonyl (C=O) groups excluding carboxylic acids is 2. The maximum atomic E-state index is 13.2. The maximum Gasteiger partial charge on any atom is 0.338 e. The van der Waals surface area contributed by atoms with Crippen LogP contribution in [0.15, 0.2) is 58.2 Å². The average molecular weight is 486 g/mol. The van der Waals surface area contributed by atoms with Crippen molar-refractivity contribution >= 4 is 28.8 Å². The molecule has 0 spiro atoms. The summed E-state index contributed by atoms with van der Waals surface area (Å²) in [6, 6.07) is 4.89. The average Bonchev–Trinajstić information content (AvgIpc) is 3.21. The third-order valence-corrected chi connectivity index (χ3v) is 6.18. The van der Waals surface area contributed by atoms with Crippen LogP contribution in [-0.2, 0) is 14.3 Å². The van der Waals surface area contributed by atoms with E-state index in [1.54, 1.807) is 27.2 Å². The molecule has 0 saturated heterocycles. The number of nitrogens with one attached hydrogen (secondary N) is 1. The number of methoxy groups -OCH3 is 2. The van der Waals surface area contributed by atoms with Crippen LogP contribution in [0.3, 0.4) is 0 Å². The SMILES string of the molecule is C=CCOC(=O)C1=C(C)N=C2SC=C(CC(=O)NCC(C)C)N2C1c1cc(OC)cc(OC)c1. The summed E-state index contributed by atoms with van der Waals surface area (Å²) in [4.78, 5) is 32.4. The molecule has 1 N–H and O–H groups in total. The Morgan fingerprint density at radius 1 is 1.24 bits per heavy atom. The highest BCUT2D eigenvalue weighted by Crippen LogP contribution is 2.46. The molecule has 2 aliphatic heterocycles. The van der Waals surface area contributed by atoms with Crippen molar-refractivity contribution < 1.29 is 23.8 Å². The Bertz CT molecular complexity index is 1040. The molecule has 0 saturated carbocycles. The van der Waals surface area contributed by atoms with Gasteiger partial charge in [-0.05, 0) is 35.9 Å². The summed E-state index contributed by atoms with van der Waals surface area (Å²) in [6.45, 7) is 10.2. The first kappa shape index (κ1) is 25.4. The molecular formula is C25H31N3O5S. The van der Waals surface area contributed by atoms with E-state index in [9.17, 15) is 9.59 Å². The lowest BCUT2D eigenvalue weighted by Crippen LogP contribution is -2.38. The minimum atomic E-state index is -0.576. The van der Waals surface area contributed by atoms with Crippen LogP contribution in [0.25, 0.3) is 0 Å². The van der Waals surface area contributed by atoms with Crippen LogP contribution < -0.4 is 14.8 Å². The zero-order chi connectivity index (χ0) is 24.8. The molecule has 1 atom stereocenters. The molecular weight excluding hydrogens is 454 g/mol.